The van der Waals surface area contributed by atoms with Gasteiger partial charge in [-0.3, -0.25) is 22.4 Å². The number of rotatable bonds is 19. The van der Waals surface area contributed by atoms with E-state index >= 15 is 4.39 Å². The fraction of sp³-hybridized carbons (Fsp3) is 0.0789. The second-order valence-corrected chi connectivity index (χ2v) is 22.9. The highest BCUT2D eigenvalue weighted by atomic mass is 32.2. The number of nitrogens with one attached hydrogen (secondary N) is 2. The molecule has 0 aliphatic heterocycles. The average Bonchev–Trinajstić information content (AvgIpc) is 3.29. The summed E-state index contributed by atoms with van der Waals surface area (Å²) in [5, 5.41) is 52.7. The summed E-state index contributed by atoms with van der Waals surface area (Å²) in [6, 6.07) is 14.3. The SMILES string of the molecule is Cc1ccc(N=Nc2c(S(=O)(=O)O)cc3c(S(=O)(=O)O)ccc(Nc4nc(F)nc(Nc5cc(S(=O)(=O)O)cc6ccc(N=Nc7ccc(S(=O)(=O)CCOSOOO)cc7)c(O)c56)n4)c3c2O)c(S(=O)(=O)O)c1. The number of aromatic nitrogens is 3. The molecule has 0 aliphatic carbocycles. The molecule has 390 valence electrons. The number of sulfone groups is 1. The molecule has 0 saturated heterocycles. The lowest BCUT2D eigenvalue weighted by Gasteiger charge is -2.16. The average molecular weight is 1140 g/mol. The first-order chi connectivity index (χ1) is 34.5. The standard InChI is InChI=1S/C38H30FN9O20S6/c1-18-2-8-24(29(14-18)73(60,61)62)46-48-33-30(74(63,64)65)17-23-28(72(57,58)59)11-10-25(32(23)35(33)50)40-37-42-36(39)43-38(44-37)41-27-16-22(71(54,55)56)15-19-3-9-26(34(49)31(19)27)47-45-20-4-6-21(7-5-20)70(52,53)13-12-66-69-68-67-51/h2-11,14-17,49-51H,12-13H2,1H3,(H,54,55,56)(H,57,58,59)(H,60,61,62)(H,63,64,65)(H2,40,41,42,43,44). The highest BCUT2D eigenvalue weighted by Crippen LogP contribution is 2.47. The van der Waals surface area contributed by atoms with Crippen molar-refractivity contribution in [2.75, 3.05) is 23.0 Å². The van der Waals surface area contributed by atoms with Crippen LogP contribution in [0.2, 0.25) is 0 Å². The number of phenolic OH excluding ortho intramolecular Hbond substituents is 2. The largest absolute Gasteiger partial charge is 0.505 e. The van der Waals surface area contributed by atoms with Crippen molar-refractivity contribution in [1.29, 1.82) is 0 Å². The number of hydrogen-bond donors (Lipinski definition) is 9. The number of azo groups is 2. The van der Waals surface area contributed by atoms with Gasteiger partial charge in [0.1, 0.15) is 31.7 Å². The van der Waals surface area contributed by atoms with Crippen molar-refractivity contribution in [3.05, 3.63) is 96.6 Å². The molecular weight excluding hydrogens is 1110 g/mol. The fourth-order valence-corrected chi connectivity index (χ4v) is 10.7. The van der Waals surface area contributed by atoms with Crippen LogP contribution >= 0.6 is 12.3 Å². The van der Waals surface area contributed by atoms with Crippen LogP contribution in [-0.2, 0) is 63.9 Å². The molecule has 0 fully saturated rings. The van der Waals surface area contributed by atoms with Gasteiger partial charge in [-0.15, -0.1) is 19.7 Å². The number of hydrogen-bond acceptors (Lipinski definition) is 26. The Bertz CT molecular complexity index is 4060. The first kappa shape index (κ1) is 54.7. The van der Waals surface area contributed by atoms with Crippen molar-refractivity contribution in [3.63, 3.8) is 0 Å². The number of phenols is 2. The summed E-state index contributed by atoms with van der Waals surface area (Å²) in [6.07, 6.45) is -1.59. The minimum absolute atomic E-state index is 0.0780. The molecule has 0 spiro atoms. The van der Waals surface area contributed by atoms with Gasteiger partial charge in [0, 0.05) is 10.8 Å². The van der Waals surface area contributed by atoms with E-state index in [1.54, 1.807) is 0 Å². The Balaban J connectivity index is 1.29. The molecule has 0 atom stereocenters. The van der Waals surface area contributed by atoms with Gasteiger partial charge >= 0.3 is 6.08 Å². The molecule has 9 N–H and O–H groups in total. The number of aromatic hydroxyl groups is 2. The Morgan fingerprint density at radius 1 is 0.608 bits per heavy atom. The number of benzene rings is 6. The van der Waals surface area contributed by atoms with Crippen molar-refractivity contribution in [2.45, 2.75) is 31.4 Å². The van der Waals surface area contributed by atoms with E-state index in [0.717, 1.165) is 30.3 Å². The van der Waals surface area contributed by atoms with Crippen molar-refractivity contribution in [1.82, 2.24) is 15.0 Å². The zero-order valence-corrected chi connectivity index (χ0v) is 41.3. The Morgan fingerprint density at radius 2 is 1.23 bits per heavy atom. The topological polar surface area (TPSA) is 452 Å². The smallest absolute Gasteiger partial charge is 0.315 e. The summed E-state index contributed by atoms with van der Waals surface area (Å²) in [7, 11) is -24.7. The molecule has 7 rings (SSSR count). The molecular formula is C38H30FN9O20S6. The van der Waals surface area contributed by atoms with Crippen molar-refractivity contribution >= 4 is 130 Å². The molecule has 0 unspecified atom stereocenters. The minimum atomic E-state index is -5.52. The second-order valence-electron chi connectivity index (χ2n) is 14.7. The van der Waals surface area contributed by atoms with Crippen molar-refractivity contribution in [2.24, 2.45) is 20.5 Å². The fourth-order valence-electron chi connectivity index (χ4n) is 6.67. The Hall–Kier alpha value is -7.04. The zero-order chi connectivity index (χ0) is 54.1. The number of anilines is 4. The van der Waals surface area contributed by atoms with Gasteiger partial charge in [-0.2, -0.15) is 58.1 Å². The van der Waals surface area contributed by atoms with E-state index in [9.17, 15) is 70.5 Å². The van der Waals surface area contributed by atoms with Crippen LogP contribution in [0.25, 0.3) is 21.5 Å². The molecule has 0 amide bonds. The van der Waals surface area contributed by atoms with Crippen LogP contribution in [0.15, 0.2) is 130 Å². The molecule has 74 heavy (non-hydrogen) atoms. The maximum atomic E-state index is 15.3. The summed E-state index contributed by atoms with van der Waals surface area (Å²) >= 11 is 0.187. The van der Waals surface area contributed by atoms with Gasteiger partial charge < -0.3 is 20.8 Å². The van der Waals surface area contributed by atoms with Crippen LogP contribution in [0.5, 0.6) is 11.5 Å². The molecule has 1 heterocycles. The van der Waals surface area contributed by atoms with Gasteiger partial charge in [0.25, 0.3) is 40.5 Å². The number of nitrogens with zero attached hydrogens (tertiary/aromatic N) is 7. The molecule has 0 bridgehead atoms. The number of halogens is 1. The molecule has 1 aromatic heterocycles. The monoisotopic (exact) mass is 1140 g/mol. The maximum absolute atomic E-state index is 15.3. The summed E-state index contributed by atoms with van der Waals surface area (Å²) in [5.41, 5.74) is -2.64. The van der Waals surface area contributed by atoms with Crippen molar-refractivity contribution in [3.8, 4) is 11.5 Å². The number of fused-ring (bicyclic) bond motifs is 2. The summed E-state index contributed by atoms with van der Waals surface area (Å²) in [6.45, 7) is 1.09. The lowest BCUT2D eigenvalue weighted by Crippen LogP contribution is -2.10. The first-order valence-corrected chi connectivity index (χ1v) is 27.6. The van der Waals surface area contributed by atoms with Crippen LogP contribution in [0.3, 0.4) is 0 Å². The van der Waals surface area contributed by atoms with Gasteiger partial charge in [-0.1, -0.05) is 17.2 Å². The summed E-state index contributed by atoms with van der Waals surface area (Å²) in [5.74, 6) is -4.13. The molecule has 29 nitrogen and oxygen atoms in total. The van der Waals surface area contributed by atoms with E-state index in [2.05, 4.69) is 55.4 Å². The molecule has 0 aliphatic rings. The van der Waals surface area contributed by atoms with Crippen LogP contribution in [0.4, 0.5) is 50.4 Å². The van der Waals surface area contributed by atoms with E-state index in [-0.39, 0.29) is 46.0 Å². The van der Waals surface area contributed by atoms with Crippen LogP contribution in [-0.4, -0.2) is 103 Å². The van der Waals surface area contributed by atoms with E-state index in [0.29, 0.717) is 17.7 Å². The molecule has 6 aromatic carbocycles. The Labute approximate surface area is 419 Å². The van der Waals surface area contributed by atoms with Crippen molar-refractivity contribution < 1.29 is 93.7 Å². The third-order valence-corrected chi connectivity index (χ3v) is 15.4. The predicted molar refractivity (Wildman–Crippen MR) is 253 cm³/mol. The number of aryl methyl sites for hydroxylation is 1. The minimum Gasteiger partial charge on any atom is -0.505 e. The molecule has 7 aromatic rings. The highest BCUT2D eigenvalue weighted by molar-refractivity contribution is 7.91. The van der Waals surface area contributed by atoms with Crippen LogP contribution < -0.4 is 10.6 Å². The molecule has 0 saturated carbocycles. The van der Waals surface area contributed by atoms with Gasteiger partial charge in [-0.05, 0) is 90.7 Å². The van der Waals surface area contributed by atoms with Gasteiger partial charge in [-0.25, -0.2) is 13.7 Å². The van der Waals surface area contributed by atoms with Crippen LogP contribution in [0.1, 0.15) is 5.56 Å². The van der Waals surface area contributed by atoms with Gasteiger partial charge in [0.05, 0.1) is 44.6 Å². The third kappa shape index (κ3) is 12.5. The lowest BCUT2D eigenvalue weighted by molar-refractivity contribution is -0.434. The van der Waals surface area contributed by atoms with Crippen LogP contribution in [0, 0.1) is 13.0 Å². The first-order valence-electron chi connectivity index (χ1n) is 19.6. The van der Waals surface area contributed by atoms with E-state index < -0.39 is 139 Å². The van der Waals surface area contributed by atoms with E-state index in [4.69, 9.17) is 9.44 Å². The van der Waals surface area contributed by atoms with E-state index in [1.165, 1.54) is 49.4 Å². The Kier molecular flexibility index (Phi) is 15.6. The quantitative estimate of drug-likeness (QED) is 0.00971. The zero-order valence-electron chi connectivity index (χ0n) is 36.4. The molecule has 0 radical (unpaired) electrons. The highest BCUT2D eigenvalue weighted by Gasteiger charge is 2.29. The Morgan fingerprint density at radius 3 is 1.85 bits per heavy atom. The van der Waals surface area contributed by atoms with E-state index in [1.807, 2.05) is 0 Å². The maximum Gasteiger partial charge on any atom is 0.315 e. The lowest BCUT2D eigenvalue weighted by atomic mass is 10.1. The molecule has 36 heteroatoms. The third-order valence-electron chi connectivity index (χ3n) is 9.83. The summed E-state index contributed by atoms with van der Waals surface area (Å²) in [4.78, 5) is 6.88. The second kappa shape index (κ2) is 21.1. The van der Waals surface area contributed by atoms with Gasteiger partial charge in [0.2, 0.25) is 11.9 Å². The predicted octanol–water partition coefficient (Wildman–Crippen LogP) is 7.12. The summed E-state index contributed by atoms with van der Waals surface area (Å²) < 4.78 is 189. The van der Waals surface area contributed by atoms with Gasteiger partial charge in [0.15, 0.2) is 33.7 Å². The normalized spacial score (nSPS) is 12.9.